The van der Waals surface area contributed by atoms with Gasteiger partial charge in [-0.15, -0.1) is 0 Å². The number of halogens is 4. The van der Waals surface area contributed by atoms with E-state index in [1.807, 2.05) is 30.9 Å². The average molecular weight is 564 g/mol. The van der Waals surface area contributed by atoms with Gasteiger partial charge < -0.3 is 19.8 Å². The van der Waals surface area contributed by atoms with Crippen LogP contribution < -0.4 is 10.5 Å². The number of alkyl halides is 3. The van der Waals surface area contributed by atoms with Crippen LogP contribution in [0.4, 0.5) is 18.9 Å². The van der Waals surface area contributed by atoms with Crippen molar-refractivity contribution in [2.75, 3.05) is 25.2 Å². The van der Waals surface area contributed by atoms with E-state index in [0.717, 1.165) is 21.6 Å². The number of aromatic nitrogens is 2. The maximum Gasteiger partial charge on any atom is 0.433 e. The summed E-state index contributed by atoms with van der Waals surface area (Å²) in [4.78, 5) is 15.2. The third kappa shape index (κ3) is 4.49. The van der Waals surface area contributed by atoms with E-state index in [-0.39, 0.29) is 5.69 Å². The standard InChI is InChI=1S/C28H29ClF3N3O4/c1-27(2)18-13-15(29)9-10-19(18)34(11-12-39-3)20(27)14-17-23(36)21(24(17)37)22-25(28(30,31)32)33-35(26(22)38)16-7-5-4-6-8-16/h4-10,13-14,17,21,23-24,33,36-37H,11-12H2,1-3H3. The summed E-state index contributed by atoms with van der Waals surface area (Å²) in [6.45, 7) is 4.82. The SMILES string of the molecule is COCCN1C(=CC2C(O)C(c3c(C(F)(F)F)[nH]n(-c4ccccc4)c3=O)C2O)C(C)(C)c2cc(Cl)ccc21. The number of allylic oxidation sites excluding steroid dienone is 1. The van der Waals surface area contributed by atoms with Crippen LogP contribution in [0, 0.1) is 5.92 Å². The number of hydrogen-bond donors (Lipinski definition) is 3. The fourth-order valence-electron chi connectivity index (χ4n) is 5.76. The van der Waals surface area contributed by atoms with Gasteiger partial charge in [-0.2, -0.15) is 13.2 Å². The molecule has 0 spiro atoms. The van der Waals surface area contributed by atoms with Crippen molar-refractivity contribution in [3.05, 3.63) is 92.5 Å². The average Bonchev–Trinajstić information content (AvgIpc) is 3.33. The summed E-state index contributed by atoms with van der Waals surface area (Å²) in [5, 5.41) is 25.0. The number of methoxy groups -OCH3 is 1. The molecule has 39 heavy (non-hydrogen) atoms. The molecule has 0 amide bonds. The van der Waals surface area contributed by atoms with Gasteiger partial charge >= 0.3 is 6.18 Å². The fourth-order valence-corrected chi connectivity index (χ4v) is 5.94. The number of H-pyrrole nitrogens is 1. The number of anilines is 1. The van der Waals surface area contributed by atoms with Gasteiger partial charge in [0.15, 0.2) is 0 Å². The second-order valence-corrected chi connectivity index (χ2v) is 10.9. The van der Waals surface area contributed by atoms with Gasteiger partial charge in [-0.25, -0.2) is 4.68 Å². The lowest BCUT2D eigenvalue weighted by Gasteiger charge is -2.46. The molecule has 7 nitrogen and oxygen atoms in total. The molecular weight excluding hydrogens is 535 g/mol. The molecule has 2 unspecified atom stereocenters. The van der Waals surface area contributed by atoms with Crippen LogP contribution in [0.5, 0.6) is 0 Å². The van der Waals surface area contributed by atoms with Gasteiger partial charge in [-0.1, -0.05) is 49.7 Å². The molecule has 2 heterocycles. The van der Waals surface area contributed by atoms with Gasteiger partial charge in [0, 0.05) is 47.3 Å². The molecule has 2 aliphatic rings. The van der Waals surface area contributed by atoms with E-state index in [4.69, 9.17) is 16.3 Å². The zero-order valence-electron chi connectivity index (χ0n) is 21.5. The summed E-state index contributed by atoms with van der Waals surface area (Å²) in [6.07, 6.45) is -6.05. The number of aliphatic hydroxyl groups excluding tert-OH is 2. The van der Waals surface area contributed by atoms with Crippen LogP contribution in [-0.4, -0.2) is 52.5 Å². The molecule has 3 N–H and O–H groups in total. The van der Waals surface area contributed by atoms with Gasteiger partial charge in [-0.05, 0) is 35.9 Å². The number of aromatic amines is 1. The highest BCUT2D eigenvalue weighted by Crippen LogP contribution is 2.52. The number of rotatable bonds is 6. The largest absolute Gasteiger partial charge is 0.433 e. The Morgan fingerprint density at radius 1 is 1.13 bits per heavy atom. The summed E-state index contributed by atoms with van der Waals surface area (Å²) in [7, 11) is 1.58. The quantitative estimate of drug-likeness (QED) is 0.408. The summed E-state index contributed by atoms with van der Waals surface area (Å²) in [6, 6.07) is 13.3. The molecule has 1 fully saturated rings. The van der Waals surface area contributed by atoms with Crippen LogP contribution in [0.15, 0.2) is 65.1 Å². The number of hydrogen-bond acceptors (Lipinski definition) is 5. The van der Waals surface area contributed by atoms with Crippen LogP contribution in [0.25, 0.3) is 5.69 Å². The lowest BCUT2D eigenvalue weighted by atomic mass is 9.64. The maximum absolute atomic E-state index is 14.0. The van der Waals surface area contributed by atoms with E-state index >= 15 is 0 Å². The molecule has 0 saturated heterocycles. The number of fused-ring (bicyclic) bond motifs is 1. The molecule has 1 aromatic heterocycles. The van der Waals surface area contributed by atoms with E-state index in [2.05, 4.69) is 5.10 Å². The van der Waals surface area contributed by atoms with Crippen LogP contribution in [0.2, 0.25) is 5.02 Å². The third-order valence-electron chi connectivity index (χ3n) is 7.81. The minimum Gasteiger partial charge on any atom is -0.392 e. The van der Waals surface area contributed by atoms with Gasteiger partial charge in [0.2, 0.25) is 0 Å². The molecule has 208 valence electrons. The molecule has 2 atom stereocenters. The normalized spacial score (nSPS) is 25.2. The number of nitrogens with one attached hydrogen (secondary N) is 1. The number of para-hydroxylation sites is 1. The summed E-state index contributed by atoms with van der Waals surface area (Å²) in [5.41, 5.74) is -0.717. The molecule has 1 aliphatic heterocycles. The van der Waals surface area contributed by atoms with Crippen molar-refractivity contribution >= 4 is 17.3 Å². The Hall–Kier alpha value is -3.05. The Morgan fingerprint density at radius 3 is 2.41 bits per heavy atom. The van der Waals surface area contributed by atoms with Crippen molar-refractivity contribution in [1.29, 1.82) is 0 Å². The molecule has 3 aromatic rings. The molecule has 0 bridgehead atoms. The second-order valence-electron chi connectivity index (χ2n) is 10.4. The number of ether oxygens (including phenoxy) is 1. The predicted octanol–water partition coefficient (Wildman–Crippen LogP) is 4.60. The molecule has 0 radical (unpaired) electrons. The predicted molar refractivity (Wildman–Crippen MR) is 141 cm³/mol. The van der Waals surface area contributed by atoms with Gasteiger partial charge in [-0.3, -0.25) is 9.89 Å². The molecule has 11 heteroatoms. The summed E-state index contributed by atoms with van der Waals surface area (Å²) in [5.74, 6) is -2.33. The Labute approximate surface area is 228 Å². The van der Waals surface area contributed by atoms with Crippen LogP contribution in [0.3, 0.4) is 0 Å². The highest BCUT2D eigenvalue weighted by atomic mass is 35.5. The Bertz CT molecular complexity index is 1450. The molecule has 2 aromatic carbocycles. The van der Waals surface area contributed by atoms with Crippen LogP contribution in [0.1, 0.15) is 36.6 Å². The first-order chi connectivity index (χ1) is 18.4. The zero-order valence-corrected chi connectivity index (χ0v) is 22.3. The van der Waals surface area contributed by atoms with Crippen LogP contribution >= 0.6 is 11.6 Å². The van der Waals surface area contributed by atoms with Crippen LogP contribution in [-0.2, 0) is 16.3 Å². The summed E-state index contributed by atoms with van der Waals surface area (Å²) < 4.78 is 48.1. The van der Waals surface area contributed by atoms with Crippen molar-refractivity contribution in [2.24, 2.45) is 5.92 Å². The first-order valence-corrected chi connectivity index (χ1v) is 12.9. The monoisotopic (exact) mass is 563 g/mol. The van der Waals surface area contributed by atoms with Gasteiger partial charge in [0.05, 0.1) is 30.1 Å². The number of aliphatic hydroxyl groups is 2. The van der Waals surface area contributed by atoms with Gasteiger partial charge in [0.1, 0.15) is 5.69 Å². The van der Waals surface area contributed by atoms with Gasteiger partial charge in [0.25, 0.3) is 5.56 Å². The molecule has 5 rings (SSSR count). The first-order valence-electron chi connectivity index (χ1n) is 12.5. The van der Waals surface area contributed by atoms with E-state index in [9.17, 15) is 28.2 Å². The highest BCUT2D eigenvalue weighted by Gasteiger charge is 2.55. The summed E-state index contributed by atoms with van der Waals surface area (Å²) >= 11 is 6.27. The first kappa shape index (κ1) is 27.5. The Morgan fingerprint density at radius 2 is 1.79 bits per heavy atom. The lowest BCUT2D eigenvalue weighted by molar-refractivity contribution is -0.145. The zero-order chi connectivity index (χ0) is 28.3. The van der Waals surface area contributed by atoms with Crippen molar-refractivity contribution in [3.63, 3.8) is 0 Å². The van der Waals surface area contributed by atoms with E-state index < -0.39 is 52.5 Å². The van der Waals surface area contributed by atoms with E-state index in [0.29, 0.717) is 18.2 Å². The van der Waals surface area contributed by atoms with Crippen molar-refractivity contribution in [2.45, 2.75) is 43.6 Å². The minimum atomic E-state index is -4.90. The molecule has 1 aliphatic carbocycles. The van der Waals surface area contributed by atoms with Crippen molar-refractivity contribution in [1.82, 2.24) is 9.78 Å². The maximum atomic E-state index is 14.0. The molecular formula is C28H29ClF3N3O4. The number of nitrogens with zero attached hydrogens (tertiary/aromatic N) is 2. The smallest absolute Gasteiger partial charge is 0.392 e. The third-order valence-corrected chi connectivity index (χ3v) is 8.04. The van der Waals surface area contributed by atoms with E-state index in [1.165, 1.54) is 12.1 Å². The minimum absolute atomic E-state index is 0.208. The molecule has 1 saturated carbocycles. The van der Waals surface area contributed by atoms with Crippen molar-refractivity contribution in [3.8, 4) is 5.69 Å². The van der Waals surface area contributed by atoms with E-state index in [1.54, 1.807) is 37.5 Å². The van der Waals surface area contributed by atoms with Crippen molar-refractivity contribution < 1.29 is 28.1 Å². The Kier molecular flexibility index (Phi) is 6.95. The second kappa shape index (κ2) is 9.85. The number of benzene rings is 2. The topological polar surface area (TPSA) is 90.7 Å². The lowest BCUT2D eigenvalue weighted by Crippen LogP contribution is -2.55. The fraction of sp³-hybridized carbons (Fsp3) is 0.393. The highest BCUT2D eigenvalue weighted by molar-refractivity contribution is 6.30. The Balaban J connectivity index is 1.54.